The van der Waals surface area contributed by atoms with Crippen molar-refractivity contribution in [3.63, 3.8) is 0 Å². The standard InChI is InChI=1S/C13H26O3/c1-4-7-8-9-12(14)10-11-13(15-5-2)16-6-3/h10-14H,4-9H2,1-3H3/b11-10+/i11D. The molecule has 0 aliphatic heterocycles. The van der Waals surface area contributed by atoms with Crippen LogP contribution in [0.3, 0.4) is 0 Å². The third kappa shape index (κ3) is 8.89. The number of aliphatic hydroxyl groups excluding tert-OH is 1. The molecule has 0 saturated heterocycles. The van der Waals surface area contributed by atoms with E-state index >= 15 is 0 Å². The molecule has 0 aromatic carbocycles. The van der Waals surface area contributed by atoms with Gasteiger partial charge in [0.15, 0.2) is 6.29 Å². The van der Waals surface area contributed by atoms with Crippen molar-refractivity contribution >= 4 is 0 Å². The summed E-state index contributed by atoms with van der Waals surface area (Å²) in [4.78, 5) is 0. The molecule has 0 bridgehead atoms. The van der Waals surface area contributed by atoms with E-state index in [2.05, 4.69) is 6.92 Å². The van der Waals surface area contributed by atoms with Crippen LogP contribution in [0.25, 0.3) is 0 Å². The molecule has 0 saturated carbocycles. The fourth-order valence-corrected chi connectivity index (χ4v) is 1.32. The van der Waals surface area contributed by atoms with Crippen molar-refractivity contribution < 1.29 is 16.0 Å². The van der Waals surface area contributed by atoms with Gasteiger partial charge in [0.05, 0.1) is 7.47 Å². The van der Waals surface area contributed by atoms with Crippen molar-refractivity contribution in [1.82, 2.24) is 0 Å². The van der Waals surface area contributed by atoms with Crippen LogP contribution >= 0.6 is 0 Å². The molecule has 1 atom stereocenters. The molecule has 0 rings (SSSR count). The first kappa shape index (κ1) is 13.7. The second-order valence-corrected chi connectivity index (χ2v) is 3.64. The zero-order valence-electron chi connectivity index (χ0n) is 11.7. The molecule has 0 aromatic heterocycles. The van der Waals surface area contributed by atoms with Gasteiger partial charge in [0, 0.05) is 13.2 Å². The quantitative estimate of drug-likeness (QED) is 0.357. The normalized spacial score (nSPS) is 15.3. The summed E-state index contributed by atoms with van der Waals surface area (Å²) in [5, 5.41) is 9.72. The molecule has 0 heterocycles. The van der Waals surface area contributed by atoms with Crippen LogP contribution in [0.1, 0.15) is 47.8 Å². The smallest absolute Gasteiger partial charge is 0.176 e. The Kier molecular flexibility index (Phi) is 9.51. The highest BCUT2D eigenvalue weighted by Crippen LogP contribution is 2.06. The maximum atomic E-state index is 9.72. The lowest BCUT2D eigenvalue weighted by atomic mass is 10.1. The fraction of sp³-hybridized carbons (Fsp3) is 0.846. The lowest BCUT2D eigenvalue weighted by Gasteiger charge is -2.13. The molecule has 3 nitrogen and oxygen atoms in total. The van der Waals surface area contributed by atoms with Crippen molar-refractivity contribution in [2.24, 2.45) is 0 Å². The lowest BCUT2D eigenvalue weighted by Crippen LogP contribution is -2.15. The van der Waals surface area contributed by atoms with Crippen LogP contribution in [0.4, 0.5) is 0 Å². The summed E-state index contributed by atoms with van der Waals surface area (Å²) in [6.45, 7) is 6.83. The minimum atomic E-state index is -0.647. The number of hydrogen-bond acceptors (Lipinski definition) is 3. The van der Waals surface area contributed by atoms with Crippen LogP contribution in [0.2, 0.25) is 0 Å². The van der Waals surface area contributed by atoms with E-state index in [4.69, 9.17) is 10.8 Å². The average molecular weight is 231 g/mol. The average Bonchev–Trinajstić information content (AvgIpc) is 2.29. The van der Waals surface area contributed by atoms with E-state index in [0.717, 1.165) is 19.3 Å². The van der Waals surface area contributed by atoms with Gasteiger partial charge in [-0.25, -0.2) is 0 Å². The highest BCUT2D eigenvalue weighted by molar-refractivity contribution is 4.91. The fourth-order valence-electron chi connectivity index (χ4n) is 1.32. The van der Waals surface area contributed by atoms with E-state index in [9.17, 15) is 5.11 Å². The van der Waals surface area contributed by atoms with Crippen molar-refractivity contribution in [1.29, 1.82) is 0 Å². The van der Waals surface area contributed by atoms with Gasteiger partial charge in [-0.1, -0.05) is 32.3 Å². The molecule has 0 aliphatic carbocycles. The van der Waals surface area contributed by atoms with Crippen LogP contribution in [0, 0.1) is 0 Å². The molecular weight excluding hydrogens is 204 g/mol. The molecule has 0 amide bonds. The Morgan fingerprint density at radius 2 is 1.81 bits per heavy atom. The van der Waals surface area contributed by atoms with Crippen LogP contribution < -0.4 is 0 Å². The van der Waals surface area contributed by atoms with Gasteiger partial charge in [0.1, 0.15) is 0 Å². The molecule has 96 valence electrons. The predicted octanol–water partition coefficient (Wildman–Crippen LogP) is 2.88. The molecule has 16 heavy (non-hydrogen) atoms. The molecule has 3 heteroatoms. The first-order valence-electron chi connectivity index (χ1n) is 6.75. The SMILES string of the molecule is [2H]/C(=C\C(O)CCCCC)C(OCC)OCC. The number of ether oxygens (including phenoxy) is 2. The molecule has 0 spiro atoms. The first-order chi connectivity index (χ1) is 8.15. The third-order valence-electron chi connectivity index (χ3n) is 2.16. The maximum Gasteiger partial charge on any atom is 0.176 e. The van der Waals surface area contributed by atoms with Gasteiger partial charge in [0.2, 0.25) is 0 Å². The Bertz CT molecular complexity index is 201. The van der Waals surface area contributed by atoms with E-state index in [-0.39, 0.29) is 6.05 Å². The Morgan fingerprint density at radius 1 is 1.19 bits per heavy atom. The number of rotatable bonds is 10. The van der Waals surface area contributed by atoms with E-state index < -0.39 is 12.4 Å². The summed E-state index contributed by atoms with van der Waals surface area (Å²) in [7, 11) is 0. The van der Waals surface area contributed by atoms with Gasteiger partial charge in [-0.3, -0.25) is 0 Å². The molecular formula is C13H26O3. The van der Waals surface area contributed by atoms with Crippen molar-refractivity contribution in [3.8, 4) is 0 Å². The Morgan fingerprint density at radius 3 is 2.31 bits per heavy atom. The molecule has 0 aliphatic rings. The number of unbranched alkanes of at least 4 members (excludes halogenated alkanes) is 2. The molecule has 1 N–H and O–H groups in total. The first-order valence-corrected chi connectivity index (χ1v) is 6.25. The summed E-state index contributed by atoms with van der Waals surface area (Å²) in [6.07, 6.45) is 4.22. The topological polar surface area (TPSA) is 38.7 Å². The van der Waals surface area contributed by atoms with Crippen molar-refractivity contribution in [2.45, 2.75) is 58.8 Å². The van der Waals surface area contributed by atoms with Crippen LogP contribution in [-0.4, -0.2) is 30.7 Å². The second kappa shape index (κ2) is 11.1. The van der Waals surface area contributed by atoms with Crippen LogP contribution in [0.5, 0.6) is 0 Å². The number of aliphatic hydroxyl groups is 1. The maximum absolute atomic E-state index is 9.72. The molecule has 0 aromatic rings. The molecule has 1 unspecified atom stereocenters. The van der Waals surface area contributed by atoms with Gasteiger partial charge in [-0.15, -0.1) is 0 Å². The minimum absolute atomic E-state index is 0.206. The summed E-state index contributed by atoms with van der Waals surface area (Å²) in [6, 6.07) is 0.206. The van der Waals surface area contributed by atoms with E-state index in [1.807, 2.05) is 13.8 Å². The Hall–Kier alpha value is -0.380. The summed E-state index contributed by atoms with van der Waals surface area (Å²) >= 11 is 0. The van der Waals surface area contributed by atoms with Gasteiger partial charge in [-0.05, 0) is 26.3 Å². The predicted molar refractivity (Wildman–Crippen MR) is 66.3 cm³/mol. The van der Waals surface area contributed by atoms with Crippen LogP contribution in [0.15, 0.2) is 12.1 Å². The van der Waals surface area contributed by atoms with Gasteiger partial charge >= 0.3 is 0 Å². The van der Waals surface area contributed by atoms with E-state index in [1.165, 1.54) is 6.08 Å². The lowest BCUT2D eigenvalue weighted by molar-refractivity contribution is -0.104. The van der Waals surface area contributed by atoms with Crippen molar-refractivity contribution in [2.75, 3.05) is 13.2 Å². The zero-order valence-corrected chi connectivity index (χ0v) is 10.7. The Balaban J connectivity index is 4.15. The van der Waals surface area contributed by atoms with Crippen molar-refractivity contribution in [3.05, 3.63) is 12.1 Å². The summed E-state index contributed by atoms with van der Waals surface area (Å²) in [5.74, 6) is 0. The van der Waals surface area contributed by atoms with Gasteiger partial charge in [0.25, 0.3) is 0 Å². The number of hydrogen-bond donors (Lipinski definition) is 1. The largest absolute Gasteiger partial charge is 0.389 e. The third-order valence-corrected chi connectivity index (χ3v) is 2.16. The van der Waals surface area contributed by atoms with Gasteiger partial charge in [-0.2, -0.15) is 0 Å². The van der Waals surface area contributed by atoms with Crippen LogP contribution in [-0.2, 0) is 9.47 Å². The minimum Gasteiger partial charge on any atom is -0.389 e. The molecule has 0 radical (unpaired) electrons. The van der Waals surface area contributed by atoms with E-state index in [1.54, 1.807) is 0 Å². The molecule has 0 fully saturated rings. The van der Waals surface area contributed by atoms with Gasteiger partial charge < -0.3 is 14.6 Å². The highest BCUT2D eigenvalue weighted by atomic mass is 16.7. The second-order valence-electron chi connectivity index (χ2n) is 3.64. The Labute approximate surface area is 101 Å². The van der Waals surface area contributed by atoms with E-state index in [0.29, 0.717) is 19.6 Å². The summed E-state index contributed by atoms with van der Waals surface area (Å²) in [5.41, 5.74) is 0. The summed E-state index contributed by atoms with van der Waals surface area (Å²) < 4.78 is 18.4. The monoisotopic (exact) mass is 231 g/mol. The zero-order chi connectivity index (χ0) is 13.1. The highest BCUT2D eigenvalue weighted by Gasteiger charge is 2.04.